The van der Waals surface area contributed by atoms with E-state index >= 15 is 0 Å². The molecule has 5 nitrogen and oxygen atoms in total. The Labute approximate surface area is 141 Å². The molecule has 0 amide bonds. The summed E-state index contributed by atoms with van der Waals surface area (Å²) in [7, 11) is -3.79. The van der Waals surface area contributed by atoms with E-state index in [0.29, 0.717) is 21.8 Å². The summed E-state index contributed by atoms with van der Waals surface area (Å²) in [5.74, 6) is -1.03. The third kappa shape index (κ3) is 5.36. The van der Waals surface area contributed by atoms with Crippen molar-refractivity contribution < 1.29 is 18.3 Å². The van der Waals surface area contributed by atoms with Gasteiger partial charge in [-0.05, 0) is 47.0 Å². The quantitative estimate of drug-likeness (QED) is 0.677. The molecule has 21 heavy (non-hydrogen) atoms. The highest BCUT2D eigenvalue weighted by molar-refractivity contribution is 9.11. The summed E-state index contributed by atoms with van der Waals surface area (Å²) in [5.41, 5.74) is 0.900. The Morgan fingerprint density at radius 1 is 1.33 bits per heavy atom. The van der Waals surface area contributed by atoms with Crippen LogP contribution in [0.2, 0.25) is 0 Å². The first-order valence-corrected chi connectivity index (χ1v) is 9.44. The summed E-state index contributed by atoms with van der Waals surface area (Å²) in [6.45, 7) is 3.73. The second-order valence-electron chi connectivity index (χ2n) is 4.74. The largest absolute Gasteiger partial charge is 0.481 e. The number of carboxylic acid groups (broad SMARTS) is 1. The van der Waals surface area contributed by atoms with Crippen molar-refractivity contribution in [3.05, 3.63) is 26.6 Å². The lowest BCUT2D eigenvalue weighted by Crippen LogP contribution is -2.36. The number of nitrogens with one attached hydrogen (secondary N) is 1. The molecule has 0 bridgehead atoms. The first kappa shape index (κ1) is 18.6. The molecule has 1 aromatic rings. The van der Waals surface area contributed by atoms with Gasteiger partial charge in [0.1, 0.15) is 0 Å². The van der Waals surface area contributed by atoms with E-state index in [0.717, 1.165) is 5.56 Å². The Balaban J connectivity index is 3.10. The summed E-state index contributed by atoms with van der Waals surface area (Å²) in [4.78, 5) is 10.9. The lowest BCUT2D eigenvalue weighted by molar-refractivity contribution is -0.137. The Hall–Kier alpha value is -0.440. The van der Waals surface area contributed by atoms with Gasteiger partial charge in [-0.1, -0.05) is 29.3 Å². The number of hydrogen-bond acceptors (Lipinski definition) is 3. The van der Waals surface area contributed by atoms with Gasteiger partial charge in [-0.2, -0.15) is 0 Å². The Kier molecular flexibility index (Phi) is 6.83. The number of halogens is 2. The second kappa shape index (κ2) is 7.71. The van der Waals surface area contributed by atoms with E-state index < -0.39 is 22.0 Å². The monoisotopic (exact) mass is 441 g/mol. The number of carboxylic acids is 1. The maximum absolute atomic E-state index is 12.4. The summed E-state index contributed by atoms with van der Waals surface area (Å²) in [6.07, 6.45) is 0.924. The van der Waals surface area contributed by atoms with E-state index in [1.807, 2.05) is 13.8 Å². The molecule has 1 aromatic carbocycles. The Morgan fingerprint density at radius 2 is 1.95 bits per heavy atom. The van der Waals surface area contributed by atoms with Crippen LogP contribution in [0.15, 0.2) is 26.0 Å². The van der Waals surface area contributed by atoms with E-state index in [-0.39, 0.29) is 11.3 Å². The third-order valence-electron chi connectivity index (χ3n) is 2.88. The molecule has 0 spiro atoms. The van der Waals surface area contributed by atoms with Gasteiger partial charge in [-0.3, -0.25) is 4.79 Å². The van der Waals surface area contributed by atoms with Crippen LogP contribution in [0.25, 0.3) is 0 Å². The Morgan fingerprint density at radius 3 is 2.48 bits per heavy atom. The molecule has 0 heterocycles. The van der Waals surface area contributed by atoms with Crippen molar-refractivity contribution >= 4 is 47.9 Å². The van der Waals surface area contributed by atoms with Crippen molar-refractivity contribution in [3.8, 4) is 0 Å². The molecular formula is C13H17Br2NO4S. The van der Waals surface area contributed by atoms with Crippen LogP contribution in [0.4, 0.5) is 0 Å². The van der Waals surface area contributed by atoms with Crippen LogP contribution in [-0.2, 0) is 14.8 Å². The van der Waals surface area contributed by atoms with Crippen LogP contribution in [0, 0.1) is 6.92 Å². The van der Waals surface area contributed by atoms with Gasteiger partial charge in [0.2, 0.25) is 10.0 Å². The molecule has 1 unspecified atom stereocenters. The van der Waals surface area contributed by atoms with E-state index in [2.05, 4.69) is 36.6 Å². The zero-order valence-electron chi connectivity index (χ0n) is 11.7. The van der Waals surface area contributed by atoms with Crippen molar-refractivity contribution in [2.45, 2.75) is 44.0 Å². The molecule has 118 valence electrons. The highest BCUT2D eigenvalue weighted by Crippen LogP contribution is 2.29. The summed E-state index contributed by atoms with van der Waals surface area (Å²) < 4.78 is 28.4. The highest BCUT2D eigenvalue weighted by atomic mass is 79.9. The smallest absolute Gasteiger partial charge is 0.304 e. The minimum absolute atomic E-state index is 0.0893. The Bertz CT molecular complexity index is 631. The topological polar surface area (TPSA) is 83.5 Å². The van der Waals surface area contributed by atoms with Crippen LogP contribution in [0.3, 0.4) is 0 Å². The molecule has 2 N–H and O–H groups in total. The van der Waals surface area contributed by atoms with E-state index in [9.17, 15) is 13.2 Å². The van der Waals surface area contributed by atoms with Crippen molar-refractivity contribution in [2.24, 2.45) is 0 Å². The molecule has 8 heteroatoms. The molecule has 0 radical (unpaired) electrons. The second-order valence-corrected chi connectivity index (χ2v) is 8.13. The fourth-order valence-corrected chi connectivity index (χ4v) is 4.83. The number of aryl methyl sites for hydroxylation is 1. The molecule has 1 atom stereocenters. The van der Waals surface area contributed by atoms with Crippen LogP contribution < -0.4 is 4.72 Å². The summed E-state index contributed by atoms with van der Waals surface area (Å²) in [6, 6.07) is 2.58. The predicted molar refractivity (Wildman–Crippen MR) is 87.8 cm³/mol. The van der Waals surface area contributed by atoms with Gasteiger partial charge in [0.25, 0.3) is 0 Å². The first-order chi connectivity index (χ1) is 9.67. The van der Waals surface area contributed by atoms with E-state index in [1.54, 1.807) is 6.07 Å². The highest BCUT2D eigenvalue weighted by Gasteiger charge is 2.24. The third-order valence-corrected chi connectivity index (χ3v) is 6.22. The maximum Gasteiger partial charge on any atom is 0.304 e. The average molecular weight is 443 g/mol. The number of rotatable bonds is 7. The molecule has 0 aliphatic carbocycles. The van der Waals surface area contributed by atoms with Gasteiger partial charge in [0.15, 0.2) is 0 Å². The van der Waals surface area contributed by atoms with Crippen LogP contribution in [0.1, 0.15) is 31.7 Å². The zero-order chi connectivity index (χ0) is 16.2. The number of aliphatic carboxylic acids is 1. The number of sulfonamides is 1. The first-order valence-electron chi connectivity index (χ1n) is 6.37. The average Bonchev–Trinajstić information content (AvgIpc) is 2.32. The fraction of sp³-hybridized carbons (Fsp3) is 0.462. The van der Waals surface area contributed by atoms with Gasteiger partial charge in [-0.25, -0.2) is 13.1 Å². The van der Waals surface area contributed by atoms with Crippen molar-refractivity contribution in [3.63, 3.8) is 0 Å². The number of hydrogen-bond donors (Lipinski definition) is 2. The minimum Gasteiger partial charge on any atom is -0.481 e. The predicted octanol–water partition coefficient (Wildman–Crippen LogP) is 3.44. The number of benzene rings is 1. The molecule has 1 rings (SSSR count). The molecular weight excluding hydrogens is 426 g/mol. The molecule has 0 aliphatic heterocycles. The molecule has 0 aromatic heterocycles. The van der Waals surface area contributed by atoms with Gasteiger partial charge in [0.05, 0.1) is 11.3 Å². The van der Waals surface area contributed by atoms with Gasteiger partial charge in [-0.15, -0.1) is 0 Å². The van der Waals surface area contributed by atoms with Gasteiger partial charge in [0, 0.05) is 15.0 Å². The zero-order valence-corrected chi connectivity index (χ0v) is 15.7. The summed E-state index contributed by atoms with van der Waals surface area (Å²) in [5, 5.41) is 8.86. The lowest BCUT2D eigenvalue weighted by atomic mass is 10.1. The summed E-state index contributed by atoms with van der Waals surface area (Å²) >= 11 is 6.54. The SMILES string of the molecule is CCCC(CC(=O)O)NS(=O)(=O)c1cc(Br)c(C)cc1Br. The molecule has 0 saturated carbocycles. The number of carbonyl (C=O) groups is 1. The lowest BCUT2D eigenvalue weighted by Gasteiger charge is -2.17. The molecule has 0 fully saturated rings. The van der Waals surface area contributed by atoms with Crippen LogP contribution in [-0.4, -0.2) is 25.5 Å². The van der Waals surface area contributed by atoms with Crippen LogP contribution in [0.5, 0.6) is 0 Å². The molecule has 0 aliphatic rings. The maximum atomic E-state index is 12.4. The van der Waals surface area contributed by atoms with Crippen molar-refractivity contribution in [2.75, 3.05) is 0 Å². The van der Waals surface area contributed by atoms with Crippen molar-refractivity contribution in [1.29, 1.82) is 0 Å². The van der Waals surface area contributed by atoms with Gasteiger partial charge >= 0.3 is 5.97 Å². The standard InChI is InChI=1S/C13H17Br2NO4S/c1-3-4-9(6-13(17)18)16-21(19,20)12-7-10(14)8(2)5-11(12)15/h5,7,9,16H,3-4,6H2,1-2H3,(H,17,18). The minimum atomic E-state index is -3.79. The van der Waals surface area contributed by atoms with Crippen molar-refractivity contribution in [1.82, 2.24) is 4.72 Å². The van der Waals surface area contributed by atoms with E-state index in [4.69, 9.17) is 5.11 Å². The normalized spacial score (nSPS) is 13.1. The fourth-order valence-electron chi connectivity index (χ4n) is 1.88. The van der Waals surface area contributed by atoms with Gasteiger partial charge < -0.3 is 5.11 Å². The van der Waals surface area contributed by atoms with E-state index in [1.165, 1.54) is 6.07 Å². The molecule has 0 saturated heterocycles. The van der Waals surface area contributed by atoms with Crippen LogP contribution >= 0.6 is 31.9 Å².